The number of hydrogen-bond donors (Lipinski definition) is 0. The minimum atomic E-state index is 0.531. The van der Waals surface area contributed by atoms with Gasteiger partial charge in [-0.05, 0) is 86.4 Å². The fourth-order valence-electron chi connectivity index (χ4n) is 5.09. The van der Waals surface area contributed by atoms with Gasteiger partial charge in [0.2, 0.25) is 0 Å². The van der Waals surface area contributed by atoms with E-state index in [1.165, 1.54) is 51.4 Å². The minimum absolute atomic E-state index is 0.531. The third kappa shape index (κ3) is 5.75. The third-order valence-electron chi connectivity index (χ3n) is 7.57. The van der Waals surface area contributed by atoms with Gasteiger partial charge in [-0.3, -0.25) is 0 Å². The van der Waals surface area contributed by atoms with E-state index in [1.807, 2.05) is 0 Å². The molecule has 0 spiro atoms. The van der Waals surface area contributed by atoms with Crippen LogP contribution in [0.4, 0.5) is 0 Å². The average Bonchev–Trinajstić information content (AvgIpc) is 2.59. The second kappa shape index (κ2) is 9.60. The molecule has 1 aliphatic heterocycles. The Morgan fingerprint density at radius 1 is 0.625 bits per heavy atom. The van der Waals surface area contributed by atoms with Gasteiger partial charge in [-0.2, -0.15) is 0 Å². The molecule has 1 heteroatoms. The molecule has 0 N–H and O–H groups in total. The highest BCUT2D eigenvalue weighted by Crippen LogP contribution is 2.39. The maximum Gasteiger partial charge on any atom is 0.0600 e. The van der Waals surface area contributed by atoms with Crippen molar-refractivity contribution in [3.05, 3.63) is 0 Å². The zero-order valence-corrected chi connectivity index (χ0v) is 17.4. The number of hydrogen-bond acceptors (Lipinski definition) is 1. The molecule has 1 saturated carbocycles. The topological polar surface area (TPSA) is 9.23 Å². The summed E-state index contributed by atoms with van der Waals surface area (Å²) in [5, 5.41) is 0. The summed E-state index contributed by atoms with van der Waals surface area (Å²) in [5.41, 5.74) is 0. The van der Waals surface area contributed by atoms with Crippen molar-refractivity contribution in [3.8, 4) is 0 Å². The standard InChI is InChI=1S/C23H44O/c1-16(2)20-9-11-21(12-10-20)18(5)7-8-19(6)23-14-13-22(15-24-23)17(3)4/h16-23H,7-15H2,1-6H3. The van der Waals surface area contributed by atoms with Crippen molar-refractivity contribution in [3.63, 3.8) is 0 Å². The van der Waals surface area contributed by atoms with Gasteiger partial charge in [0.15, 0.2) is 0 Å². The lowest BCUT2D eigenvalue weighted by Crippen LogP contribution is -2.33. The Labute approximate surface area is 152 Å². The van der Waals surface area contributed by atoms with E-state index in [0.29, 0.717) is 6.10 Å². The predicted molar refractivity (Wildman–Crippen MR) is 105 cm³/mol. The van der Waals surface area contributed by atoms with E-state index in [0.717, 1.165) is 48.0 Å². The van der Waals surface area contributed by atoms with Crippen LogP contribution in [0.15, 0.2) is 0 Å². The molecule has 24 heavy (non-hydrogen) atoms. The van der Waals surface area contributed by atoms with Crippen LogP contribution >= 0.6 is 0 Å². The van der Waals surface area contributed by atoms with Crippen LogP contribution in [0.1, 0.15) is 92.9 Å². The second-order valence-corrected chi connectivity index (χ2v) is 9.90. The Hall–Kier alpha value is -0.0400. The molecule has 0 aromatic heterocycles. The zero-order chi connectivity index (χ0) is 17.7. The first kappa shape index (κ1) is 20.3. The highest BCUT2D eigenvalue weighted by Gasteiger charge is 2.29. The smallest absolute Gasteiger partial charge is 0.0600 e. The van der Waals surface area contributed by atoms with Gasteiger partial charge in [0.25, 0.3) is 0 Å². The second-order valence-electron chi connectivity index (χ2n) is 9.90. The molecule has 4 atom stereocenters. The Kier molecular flexibility index (Phi) is 8.11. The molecule has 2 rings (SSSR count). The normalized spacial score (nSPS) is 34.5. The molecule has 2 fully saturated rings. The maximum atomic E-state index is 6.23. The van der Waals surface area contributed by atoms with Crippen molar-refractivity contribution in [2.75, 3.05) is 6.61 Å². The van der Waals surface area contributed by atoms with E-state index in [9.17, 15) is 0 Å². The van der Waals surface area contributed by atoms with Crippen LogP contribution in [-0.4, -0.2) is 12.7 Å². The Bertz CT molecular complexity index is 298. The average molecular weight is 337 g/mol. The van der Waals surface area contributed by atoms with E-state index in [2.05, 4.69) is 41.5 Å². The lowest BCUT2D eigenvalue weighted by Gasteiger charge is -2.36. The predicted octanol–water partition coefficient (Wildman–Crippen LogP) is 6.95. The summed E-state index contributed by atoms with van der Waals surface area (Å²) in [7, 11) is 0. The summed E-state index contributed by atoms with van der Waals surface area (Å²) in [4.78, 5) is 0. The van der Waals surface area contributed by atoms with Crippen LogP contribution in [0, 0.1) is 41.4 Å². The number of rotatable bonds is 7. The van der Waals surface area contributed by atoms with Gasteiger partial charge in [-0.25, -0.2) is 0 Å². The van der Waals surface area contributed by atoms with Crippen LogP contribution < -0.4 is 0 Å². The Morgan fingerprint density at radius 3 is 1.62 bits per heavy atom. The maximum absolute atomic E-state index is 6.23. The van der Waals surface area contributed by atoms with Crippen LogP contribution in [0.25, 0.3) is 0 Å². The molecule has 0 aromatic rings. The van der Waals surface area contributed by atoms with Gasteiger partial charge in [0, 0.05) is 0 Å². The van der Waals surface area contributed by atoms with Crippen molar-refractivity contribution in [2.24, 2.45) is 41.4 Å². The Morgan fingerprint density at radius 2 is 1.12 bits per heavy atom. The van der Waals surface area contributed by atoms with Crippen molar-refractivity contribution in [1.82, 2.24) is 0 Å². The van der Waals surface area contributed by atoms with Gasteiger partial charge in [-0.15, -0.1) is 0 Å². The van der Waals surface area contributed by atoms with Crippen LogP contribution in [0.2, 0.25) is 0 Å². The SMILES string of the molecule is CC(C)C1CCC(C(C)CCC(C)C2CCC(C(C)C)CO2)CC1. The van der Waals surface area contributed by atoms with Crippen molar-refractivity contribution >= 4 is 0 Å². The summed E-state index contributed by atoms with van der Waals surface area (Å²) in [6.07, 6.45) is 11.9. The van der Waals surface area contributed by atoms with Crippen molar-refractivity contribution in [2.45, 2.75) is 99.0 Å². The summed E-state index contributed by atoms with van der Waals surface area (Å²) in [5.74, 6) is 6.10. The molecule has 1 saturated heterocycles. The molecular weight excluding hydrogens is 292 g/mol. The van der Waals surface area contributed by atoms with Gasteiger partial charge < -0.3 is 4.74 Å². The first-order valence-corrected chi connectivity index (χ1v) is 11.0. The third-order valence-corrected chi connectivity index (χ3v) is 7.57. The lowest BCUT2D eigenvalue weighted by atomic mass is 9.71. The van der Waals surface area contributed by atoms with Crippen LogP contribution in [0.5, 0.6) is 0 Å². The minimum Gasteiger partial charge on any atom is -0.378 e. The first-order valence-electron chi connectivity index (χ1n) is 11.0. The molecule has 1 nitrogen and oxygen atoms in total. The molecule has 1 aliphatic carbocycles. The highest BCUT2D eigenvalue weighted by molar-refractivity contribution is 4.80. The molecule has 0 bridgehead atoms. The highest BCUT2D eigenvalue weighted by atomic mass is 16.5. The van der Waals surface area contributed by atoms with Gasteiger partial charge in [-0.1, -0.05) is 48.0 Å². The van der Waals surface area contributed by atoms with E-state index in [4.69, 9.17) is 4.74 Å². The summed E-state index contributed by atoms with van der Waals surface area (Å²) in [6.45, 7) is 15.4. The van der Waals surface area contributed by atoms with E-state index in [-0.39, 0.29) is 0 Å². The molecule has 0 radical (unpaired) electrons. The van der Waals surface area contributed by atoms with Crippen molar-refractivity contribution in [1.29, 1.82) is 0 Å². The number of ether oxygens (including phenoxy) is 1. The lowest BCUT2D eigenvalue weighted by molar-refractivity contribution is -0.0560. The fraction of sp³-hybridized carbons (Fsp3) is 1.00. The molecule has 1 heterocycles. The molecule has 0 aromatic carbocycles. The first-order chi connectivity index (χ1) is 11.4. The van der Waals surface area contributed by atoms with Crippen LogP contribution in [-0.2, 0) is 4.74 Å². The summed E-state index contributed by atoms with van der Waals surface area (Å²) >= 11 is 0. The molecule has 142 valence electrons. The summed E-state index contributed by atoms with van der Waals surface area (Å²) in [6, 6.07) is 0. The van der Waals surface area contributed by atoms with E-state index < -0.39 is 0 Å². The summed E-state index contributed by atoms with van der Waals surface area (Å²) < 4.78 is 6.23. The van der Waals surface area contributed by atoms with Crippen molar-refractivity contribution < 1.29 is 4.74 Å². The van der Waals surface area contributed by atoms with E-state index >= 15 is 0 Å². The Balaban J connectivity index is 1.66. The zero-order valence-electron chi connectivity index (χ0n) is 17.4. The van der Waals surface area contributed by atoms with Gasteiger partial charge in [0.1, 0.15) is 0 Å². The van der Waals surface area contributed by atoms with Crippen LogP contribution in [0.3, 0.4) is 0 Å². The monoisotopic (exact) mass is 336 g/mol. The van der Waals surface area contributed by atoms with Gasteiger partial charge >= 0.3 is 0 Å². The molecule has 0 amide bonds. The molecule has 2 aliphatic rings. The van der Waals surface area contributed by atoms with Gasteiger partial charge in [0.05, 0.1) is 12.7 Å². The largest absolute Gasteiger partial charge is 0.378 e. The van der Waals surface area contributed by atoms with E-state index in [1.54, 1.807) is 0 Å². The quantitative estimate of drug-likeness (QED) is 0.488. The molecule has 4 unspecified atom stereocenters. The molecular formula is C23H44O. The fourth-order valence-corrected chi connectivity index (χ4v) is 5.09.